The van der Waals surface area contributed by atoms with Crippen molar-refractivity contribution in [2.24, 2.45) is 0 Å². The summed E-state index contributed by atoms with van der Waals surface area (Å²) in [6.07, 6.45) is 0. The number of hydrogen-bond acceptors (Lipinski definition) is 4. The summed E-state index contributed by atoms with van der Waals surface area (Å²) < 4.78 is 5.13. The van der Waals surface area contributed by atoms with Gasteiger partial charge in [0.25, 0.3) is 0 Å². The quantitative estimate of drug-likeness (QED) is 0.724. The smallest absolute Gasteiger partial charge is 0.174 e. The Bertz CT molecular complexity index is 330. The molecule has 5 heteroatoms. The van der Waals surface area contributed by atoms with E-state index in [1.807, 2.05) is 18.2 Å². The highest BCUT2D eigenvalue weighted by Crippen LogP contribution is 2.15. The second kappa shape index (κ2) is 6.53. The summed E-state index contributed by atoms with van der Waals surface area (Å²) >= 11 is 5.88. The van der Waals surface area contributed by atoms with Crippen molar-refractivity contribution in [3.05, 3.63) is 34.9 Å². The van der Waals surface area contributed by atoms with Gasteiger partial charge in [-0.1, -0.05) is 29.8 Å². The molecule has 0 radical (unpaired) electrons. The molecule has 1 rings (SSSR count). The largest absolute Gasteiger partial charge is 0.369 e. The fourth-order valence-corrected chi connectivity index (χ4v) is 1.22. The van der Waals surface area contributed by atoms with E-state index in [1.165, 1.54) is 0 Å². The lowest BCUT2D eigenvalue weighted by Crippen LogP contribution is -2.23. The van der Waals surface area contributed by atoms with Crippen LogP contribution in [-0.4, -0.2) is 24.1 Å². The summed E-state index contributed by atoms with van der Waals surface area (Å²) in [5, 5.41) is 8.87. The molecule has 82 valence electrons. The topological polar surface area (TPSA) is 58.6 Å². The first kappa shape index (κ1) is 12.1. The Kier molecular flexibility index (Phi) is 5.28. The first-order chi connectivity index (χ1) is 7.24. The number of halogens is 1. The SMILES string of the molecule is O=C(CNO)COCc1ccccc1Cl. The predicted octanol–water partition coefficient (Wildman–Crippen LogP) is 1.40. The van der Waals surface area contributed by atoms with E-state index in [2.05, 4.69) is 0 Å². The van der Waals surface area contributed by atoms with Gasteiger partial charge in [-0.05, 0) is 11.6 Å². The van der Waals surface area contributed by atoms with Crippen molar-refractivity contribution in [1.82, 2.24) is 5.48 Å². The minimum absolute atomic E-state index is 0.0429. The monoisotopic (exact) mass is 229 g/mol. The summed E-state index contributed by atoms with van der Waals surface area (Å²) in [4.78, 5) is 10.9. The van der Waals surface area contributed by atoms with E-state index in [0.717, 1.165) is 5.56 Å². The molecule has 0 aliphatic rings. The average Bonchev–Trinajstić information content (AvgIpc) is 2.21. The van der Waals surface area contributed by atoms with E-state index >= 15 is 0 Å². The fraction of sp³-hybridized carbons (Fsp3) is 0.300. The van der Waals surface area contributed by atoms with Gasteiger partial charge in [0.2, 0.25) is 0 Å². The number of rotatable bonds is 6. The van der Waals surface area contributed by atoms with Crippen molar-refractivity contribution in [3.63, 3.8) is 0 Å². The van der Waals surface area contributed by atoms with Crippen molar-refractivity contribution in [3.8, 4) is 0 Å². The zero-order valence-corrected chi connectivity index (χ0v) is 8.83. The first-order valence-electron chi connectivity index (χ1n) is 4.44. The molecule has 4 nitrogen and oxygen atoms in total. The normalized spacial score (nSPS) is 10.3. The molecule has 0 aliphatic carbocycles. The number of benzene rings is 1. The summed E-state index contributed by atoms with van der Waals surface area (Å²) in [6, 6.07) is 7.27. The number of carbonyl (C=O) groups excluding carboxylic acids is 1. The molecule has 0 fully saturated rings. The first-order valence-corrected chi connectivity index (χ1v) is 4.81. The zero-order valence-electron chi connectivity index (χ0n) is 8.07. The highest BCUT2D eigenvalue weighted by Gasteiger charge is 2.02. The zero-order chi connectivity index (χ0) is 11.1. The molecule has 0 saturated carbocycles. The minimum atomic E-state index is -0.218. The molecule has 0 unspecified atom stereocenters. The Balaban J connectivity index is 2.32. The summed E-state index contributed by atoms with van der Waals surface area (Å²) in [5.74, 6) is -0.218. The van der Waals surface area contributed by atoms with Crippen LogP contribution in [-0.2, 0) is 16.1 Å². The lowest BCUT2D eigenvalue weighted by molar-refractivity contribution is -0.124. The van der Waals surface area contributed by atoms with Gasteiger partial charge in [-0.25, -0.2) is 0 Å². The Morgan fingerprint density at radius 2 is 2.20 bits per heavy atom. The van der Waals surface area contributed by atoms with Crippen molar-refractivity contribution < 1.29 is 14.7 Å². The van der Waals surface area contributed by atoms with Gasteiger partial charge in [0.15, 0.2) is 5.78 Å². The number of hydrogen-bond donors (Lipinski definition) is 2. The standard InChI is InChI=1S/C10H12ClNO3/c11-10-4-2-1-3-8(10)6-15-7-9(13)5-12-14/h1-4,12,14H,5-7H2. The fourth-order valence-electron chi connectivity index (χ4n) is 1.03. The van der Waals surface area contributed by atoms with Gasteiger partial charge in [-0.2, -0.15) is 5.48 Å². The van der Waals surface area contributed by atoms with E-state index in [4.69, 9.17) is 21.5 Å². The number of ether oxygens (including phenoxy) is 1. The summed E-state index contributed by atoms with van der Waals surface area (Å²) in [5.41, 5.74) is 2.61. The molecule has 1 aromatic carbocycles. The van der Waals surface area contributed by atoms with Crippen LogP contribution < -0.4 is 5.48 Å². The molecule has 1 aromatic rings. The number of nitrogens with one attached hydrogen (secondary N) is 1. The van der Waals surface area contributed by atoms with Crippen molar-refractivity contribution in [1.29, 1.82) is 0 Å². The van der Waals surface area contributed by atoms with Gasteiger partial charge in [-0.3, -0.25) is 4.79 Å². The minimum Gasteiger partial charge on any atom is -0.369 e. The predicted molar refractivity (Wildman–Crippen MR) is 55.9 cm³/mol. The van der Waals surface area contributed by atoms with E-state index in [1.54, 1.807) is 11.5 Å². The number of Topliss-reactive ketones (excluding diaryl/α,β-unsaturated/α-hetero) is 1. The highest BCUT2D eigenvalue weighted by molar-refractivity contribution is 6.31. The molecule has 2 N–H and O–H groups in total. The van der Waals surface area contributed by atoms with Gasteiger partial charge in [0, 0.05) is 5.02 Å². The van der Waals surface area contributed by atoms with Crippen LogP contribution in [0.4, 0.5) is 0 Å². The maximum Gasteiger partial charge on any atom is 0.174 e. The second-order valence-corrected chi connectivity index (χ2v) is 3.36. The van der Waals surface area contributed by atoms with Crippen molar-refractivity contribution in [2.75, 3.05) is 13.2 Å². The van der Waals surface area contributed by atoms with Crippen LogP contribution in [0.5, 0.6) is 0 Å². The van der Waals surface area contributed by atoms with E-state index < -0.39 is 0 Å². The van der Waals surface area contributed by atoms with Crippen LogP contribution in [0.2, 0.25) is 5.02 Å². The van der Waals surface area contributed by atoms with Crippen LogP contribution in [0.15, 0.2) is 24.3 Å². The van der Waals surface area contributed by atoms with Gasteiger partial charge >= 0.3 is 0 Å². The number of hydroxylamine groups is 1. The molecule has 0 saturated heterocycles. The van der Waals surface area contributed by atoms with Crippen LogP contribution >= 0.6 is 11.6 Å². The average molecular weight is 230 g/mol. The summed E-state index contributed by atoms with van der Waals surface area (Å²) in [7, 11) is 0. The van der Waals surface area contributed by atoms with Crippen LogP contribution in [0.3, 0.4) is 0 Å². The third-order valence-electron chi connectivity index (χ3n) is 1.75. The van der Waals surface area contributed by atoms with Gasteiger partial charge in [0.1, 0.15) is 6.61 Å². The second-order valence-electron chi connectivity index (χ2n) is 2.96. The molecule has 0 aromatic heterocycles. The van der Waals surface area contributed by atoms with Crippen molar-refractivity contribution >= 4 is 17.4 Å². The van der Waals surface area contributed by atoms with Crippen molar-refractivity contribution in [2.45, 2.75) is 6.61 Å². The molecule has 0 bridgehead atoms. The third kappa shape index (κ3) is 4.40. The van der Waals surface area contributed by atoms with Gasteiger partial charge in [0.05, 0.1) is 13.2 Å². The highest BCUT2D eigenvalue weighted by atomic mass is 35.5. The summed E-state index contributed by atoms with van der Waals surface area (Å²) in [6.45, 7) is 0.137. The van der Waals surface area contributed by atoms with Crippen LogP contribution in [0.25, 0.3) is 0 Å². The Morgan fingerprint density at radius 1 is 1.47 bits per heavy atom. The van der Waals surface area contributed by atoms with E-state index in [0.29, 0.717) is 5.02 Å². The molecule has 0 atom stereocenters. The molecular formula is C10H12ClNO3. The number of ketones is 1. The Labute approximate surface area is 92.8 Å². The Morgan fingerprint density at radius 3 is 2.87 bits per heavy atom. The maximum absolute atomic E-state index is 10.9. The number of carbonyl (C=O) groups is 1. The molecule has 0 amide bonds. The van der Waals surface area contributed by atoms with Crippen LogP contribution in [0, 0.1) is 0 Å². The lowest BCUT2D eigenvalue weighted by atomic mass is 10.2. The van der Waals surface area contributed by atoms with E-state index in [9.17, 15) is 4.79 Å². The molecule has 0 spiro atoms. The Hall–Kier alpha value is -0.940. The van der Waals surface area contributed by atoms with E-state index in [-0.39, 0.29) is 25.5 Å². The lowest BCUT2D eigenvalue weighted by Gasteiger charge is -2.04. The third-order valence-corrected chi connectivity index (χ3v) is 2.12. The molecule has 0 heterocycles. The van der Waals surface area contributed by atoms with Gasteiger partial charge < -0.3 is 9.94 Å². The molecule has 15 heavy (non-hydrogen) atoms. The van der Waals surface area contributed by atoms with Crippen LogP contribution in [0.1, 0.15) is 5.56 Å². The maximum atomic E-state index is 10.9. The molecular weight excluding hydrogens is 218 g/mol. The molecule has 0 aliphatic heterocycles. The van der Waals surface area contributed by atoms with Gasteiger partial charge in [-0.15, -0.1) is 0 Å².